The molecule has 1 amide bonds. The minimum Gasteiger partial charge on any atom is -0.356 e. The average molecular weight is 442 g/mol. The fourth-order valence-corrected chi connectivity index (χ4v) is 5.63. The number of carbonyl (C=O) groups is 2. The maximum absolute atomic E-state index is 13.4. The van der Waals surface area contributed by atoms with Gasteiger partial charge < -0.3 is 14.7 Å². The van der Waals surface area contributed by atoms with Crippen molar-refractivity contribution in [3.05, 3.63) is 46.2 Å². The fraction of sp³-hybridized carbons (Fsp3) is 0.435. The van der Waals surface area contributed by atoms with Gasteiger partial charge in [0, 0.05) is 30.2 Å². The van der Waals surface area contributed by atoms with Gasteiger partial charge in [0.25, 0.3) is 0 Å². The third kappa shape index (κ3) is 4.27. The second-order valence-electron chi connectivity index (χ2n) is 8.36. The quantitative estimate of drug-likeness (QED) is 0.559. The number of aryl methyl sites for hydroxylation is 1. The average Bonchev–Trinajstić information content (AvgIpc) is 3.37. The number of aromatic nitrogens is 1. The molecule has 2 aliphatic heterocycles. The van der Waals surface area contributed by atoms with E-state index in [-0.39, 0.29) is 17.5 Å². The zero-order chi connectivity index (χ0) is 21.4. The SMILES string of the molecule is O=C1CCc2cc(C(=O)CCCN3CCC(c4noc5cc(F)ccc45)CC3)sc2N1. The number of halogens is 1. The Morgan fingerprint density at radius 1 is 1.26 bits per heavy atom. The van der Waals surface area contributed by atoms with E-state index in [0.29, 0.717) is 24.3 Å². The Morgan fingerprint density at radius 2 is 2.10 bits per heavy atom. The van der Waals surface area contributed by atoms with E-state index in [9.17, 15) is 14.0 Å². The number of piperidine rings is 1. The minimum absolute atomic E-state index is 0.0301. The summed E-state index contributed by atoms with van der Waals surface area (Å²) < 4.78 is 18.7. The van der Waals surface area contributed by atoms with Crippen molar-refractivity contribution in [1.29, 1.82) is 0 Å². The lowest BCUT2D eigenvalue weighted by Gasteiger charge is -2.31. The maximum Gasteiger partial charge on any atom is 0.225 e. The van der Waals surface area contributed by atoms with Crippen molar-refractivity contribution < 1.29 is 18.5 Å². The summed E-state index contributed by atoms with van der Waals surface area (Å²) in [6.07, 6.45) is 4.51. The highest BCUT2D eigenvalue weighted by molar-refractivity contribution is 7.18. The molecule has 1 saturated heterocycles. The van der Waals surface area contributed by atoms with Gasteiger partial charge in [-0.05, 0) is 69.1 Å². The van der Waals surface area contributed by atoms with E-state index in [0.717, 1.165) is 71.8 Å². The van der Waals surface area contributed by atoms with Gasteiger partial charge in [-0.3, -0.25) is 9.59 Å². The number of nitrogens with one attached hydrogen (secondary N) is 1. The molecule has 0 bridgehead atoms. The molecule has 4 heterocycles. The largest absolute Gasteiger partial charge is 0.356 e. The Morgan fingerprint density at radius 3 is 2.94 bits per heavy atom. The van der Waals surface area contributed by atoms with Crippen LogP contribution in [0.1, 0.15) is 59.0 Å². The maximum atomic E-state index is 13.4. The Kier molecular flexibility index (Phi) is 5.58. The number of benzene rings is 1. The van der Waals surface area contributed by atoms with Crippen LogP contribution >= 0.6 is 11.3 Å². The highest BCUT2D eigenvalue weighted by Crippen LogP contribution is 2.34. The molecule has 0 atom stereocenters. The van der Waals surface area contributed by atoms with E-state index in [4.69, 9.17) is 4.52 Å². The van der Waals surface area contributed by atoms with Crippen LogP contribution in [-0.2, 0) is 11.2 Å². The number of nitrogens with zero attached hydrogens (tertiary/aromatic N) is 2. The van der Waals surface area contributed by atoms with Crippen molar-refractivity contribution in [2.45, 2.75) is 44.4 Å². The molecule has 5 rings (SSSR count). The normalized spacial score (nSPS) is 17.6. The summed E-state index contributed by atoms with van der Waals surface area (Å²) in [4.78, 5) is 27.2. The van der Waals surface area contributed by atoms with Gasteiger partial charge in [-0.2, -0.15) is 0 Å². The lowest BCUT2D eigenvalue weighted by Crippen LogP contribution is -2.34. The third-order valence-electron chi connectivity index (χ3n) is 6.27. The molecule has 8 heteroatoms. The standard InChI is InChI=1S/C23H24FN3O3S/c24-16-4-5-17-19(13-16)30-26-22(17)14-7-10-27(11-8-14)9-1-2-18(28)20-12-15-3-6-21(29)25-23(15)31-20/h4-5,12-14H,1-3,6-11H2,(H,25,29). The summed E-state index contributed by atoms with van der Waals surface area (Å²) in [6, 6.07) is 6.53. The molecule has 2 aromatic heterocycles. The minimum atomic E-state index is -0.313. The van der Waals surface area contributed by atoms with Gasteiger partial charge in [0.15, 0.2) is 11.4 Å². The Labute approximate surface area is 183 Å². The first-order valence-corrected chi connectivity index (χ1v) is 11.6. The second kappa shape index (κ2) is 8.51. The Balaban J connectivity index is 1.10. The number of likely N-dealkylation sites (tertiary alicyclic amines) is 1. The third-order valence-corrected chi connectivity index (χ3v) is 7.41. The van der Waals surface area contributed by atoms with E-state index in [1.165, 1.54) is 23.5 Å². The Hall–Kier alpha value is -2.58. The van der Waals surface area contributed by atoms with Crippen LogP contribution in [0.2, 0.25) is 0 Å². The van der Waals surface area contributed by atoms with Crippen LogP contribution in [0.15, 0.2) is 28.8 Å². The van der Waals surface area contributed by atoms with Gasteiger partial charge in [-0.1, -0.05) is 5.16 Å². The first kappa shape index (κ1) is 20.3. The van der Waals surface area contributed by atoms with E-state index >= 15 is 0 Å². The Bertz CT molecular complexity index is 1130. The van der Waals surface area contributed by atoms with Gasteiger partial charge in [-0.15, -0.1) is 11.3 Å². The lowest BCUT2D eigenvalue weighted by atomic mass is 9.91. The lowest BCUT2D eigenvalue weighted by molar-refractivity contribution is -0.116. The first-order valence-electron chi connectivity index (χ1n) is 10.8. The highest BCUT2D eigenvalue weighted by Gasteiger charge is 2.25. The predicted molar refractivity (Wildman–Crippen MR) is 117 cm³/mol. The number of carbonyl (C=O) groups excluding carboxylic acids is 2. The second-order valence-corrected chi connectivity index (χ2v) is 9.42. The number of hydrogen-bond acceptors (Lipinski definition) is 6. The molecule has 0 aliphatic carbocycles. The van der Waals surface area contributed by atoms with Gasteiger partial charge >= 0.3 is 0 Å². The molecule has 0 radical (unpaired) electrons. The molecular formula is C23H24FN3O3S. The monoisotopic (exact) mass is 441 g/mol. The van der Waals surface area contributed by atoms with E-state index in [2.05, 4.69) is 15.4 Å². The van der Waals surface area contributed by atoms with E-state index in [1.54, 1.807) is 6.07 Å². The van der Waals surface area contributed by atoms with Crippen molar-refractivity contribution in [3.8, 4) is 0 Å². The molecule has 2 aliphatic rings. The fourth-order valence-electron chi connectivity index (χ4n) is 4.54. The molecular weight excluding hydrogens is 417 g/mol. The molecule has 6 nitrogen and oxygen atoms in total. The molecule has 0 spiro atoms. The molecule has 162 valence electrons. The zero-order valence-electron chi connectivity index (χ0n) is 17.2. The van der Waals surface area contributed by atoms with Crippen molar-refractivity contribution in [3.63, 3.8) is 0 Å². The summed E-state index contributed by atoms with van der Waals surface area (Å²) in [5.41, 5.74) is 2.52. The summed E-state index contributed by atoms with van der Waals surface area (Å²) in [5, 5.41) is 8.81. The van der Waals surface area contributed by atoms with Crippen LogP contribution in [0.3, 0.4) is 0 Å². The van der Waals surface area contributed by atoms with Crippen molar-refractivity contribution in [1.82, 2.24) is 10.1 Å². The summed E-state index contributed by atoms with van der Waals surface area (Å²) in [6.45, 7) is 2.80. The van der Waals surface area contributed by atoms with Crippen molar-refractivity contribution in [2.24, 2.45) is 0 Å². The summed E-state index contributed by atoms with van der Waals surface area (Å²) >= 11 is 1.40. The molecule has 1 fully saturated rings. The molecule has 0 saturated carbocycles. The summed E-state index contributed by atoms with van der Waals surface area (Å²) in [7, 11) is 0. The smallest absolute Gasteiger partial charge is 0.225 e. The molecule has 3 aromatic rings. The number of anilines is 1. The van der Waals surface area contributed by atoms with Gasteiger partial charge in [0.05, 0.1) is 15.6 Å². The van der Waals surface area contributed by atoms with Crippen LogP contribution in [0.4, 0.5) is 9.39 Å². The van der Waals surface area contributed by atoms with Crippen LogP contribution in [-0.4, -0.2) is 41.4 Å². The number of hydrogen-bond donors (Lipinski definition) is 1. The molecule has 31 heavy (non-hydrogen) atoms. The van der Waals surface area contributed by atoms with Crippen LogP contribution in [0.25, 0.3) is 11.0 Å². The molecule has 1 N–H and O–H groups in total. The van der Waals surface area contributed by atoms with Gasteiger partial charge in [0.1, 0.15) is 5.82 Å². The topological polar surface area (TPSA) is 75.4 Å². The molecule has 1 aromatic carbocycles. The zero-order valence-corrected chi connectivity index (χ0v) is 18.0. The number of ketones is 1. The number of thiophene rings is 1. The van der Waals surface area contributed by atoms with Crippen LogP contribution in [0, 0.1) is 5.82 Å². The summed E-state index contributed by atoms with van der Waals surface area (Å²) in [5.74, 6) is 0.191. The highest BCUT2D eigenvalue weighted by atomic mass is 32.1. The van der Waals surface area contributed by atoms with E-state index < -0.39 is 0 Å². The van der Waals surface area contributed by atoms with Gasteiger partial charge in [0.2, 0.25) is 5.91 Å². The predicted octanol–water partition coefficient (Wildman–Crippen LogP) is 4.76. The number of Topliss-reactive ketones (excluding diaryl/α,β-unsaturated/α-hetero) is 1. The van der Waals surface area contributed by atoms with E-state index in [1.807, 2.05) is 6.07 Å². The van der Waals surface area contributed by atoms with Crippen molar-refractivity contribution in [2.75, 3.05) is 25.0 Å². The van der Waals surface area contributed by atoms with Crippen LogP contribution in [0.5, 0.6) is 0 Å². The number of rotatable bonds is 6. The molecule has 0 unspecified atom stereocenters. The first-order chi connectivity index (χ1) is 15.1. The number of amides is 1. The van der Waals surface area contributed by atoms with Gasteiger partial charge in [-0.25, -0.2) is 4.39 Å². The van der Waals surface area contributed by atoms with Crippen molar-refractivity contribution >= 4 is 39.0 Å². The number of fused-ring (bicyclic) bond motifs is 2. The van der Waals surface area contributed by atoms with Crippen LogP contribution < -0.4 is 5.32 Å².